The average molecular weight is 433 g/mol. The predicted octanol–water partition coefficient (Wildman–Crippen LogP) is 3.20. The predicted molar refractivity (Wildman–Crippen MR) is 103 cm³/mol. The van der Waals surface area contributed by atoms with Gasteiger partial charge in [0.05, 0.1) is 11.3 Å². The second-order valence-electron chi connectivity index (χ2n) is 7.62. The van der Waals surface area contributed by atoms with E-state index in [1.54, 1.807) is 4.90 Å². The smallest absolute Gasteiger partial charge is 0.335 e. The molecule has 6 nitrogen and oxygen atoms in total. The van der Waals surface area contributed by atoms with Crippen LogP contribution in [0.1, 0.15) is 43.2 Å². The number of amides is 2. The minimum absolute atomic E-state index is 0.0947. The maximum Gasteiger partial charge on any atom is 0.416 e. The van der Waals surface area contributed by atoms with Crippen LogP contribution in [0.15, 0.2) is 24.3 Å². The molecule has 0 radical (unpaired) electrons. The molecule has 1 saturated heterocycles. The molecule has 2 amide bonds. The number of sulfonamides is 1. The largest absolute Gasteiger partial charge is 0.416 e. The highest BCUT2D eigenvalue weighted by Crippen LogP contribution is 2.30. The van der Waals surface area contributed by atoms with Crippen molar-refractivity contribution in [2.75, 3.05) is 26.2 Å². The number of hydrogen-bond donors (Lipinski definition) is 1. The number of hydrogen-bond acceptors (Lipinski definition) is 3. The van der Waals surface area contributed by atoms with Crippen LogP contribution in [-0.2, 0) is 22.0 Å². The lowest BCUT2D eigenvalue weighted by Crippen LogP contribution is -2.54. The van der Waals surface area contributed by atoms with E-state index in [1.807, 2.05) is 0 Å². The molecule has 1 heterocycles. The number of alkyl halides is 3. The summed E-state index contributed by atoms with van der Waals surface area (Å²) in [6, 6.07) is 4.37. The summed E-state index contributed by atoms with van der Waals surface area (Å²) in [5, 5.41) is 3.01. The van der Waals surface area contributed by atoms with Gasteiger partial charge in [-0.1, -0.05) is 37.5 Å². The fourth-order valence-corrected chi connectivity index (χ4v) is 5.32. The summed E-state index contributed by atoms with van der Waals surface area (Å²) in [4.78, 5) is 14.0. The Hall–Kier alpha value is -1.81. The number of halogens is 3. The van der Waals surface area contributed by atoms with Gasteiger partial charge in [0.2, 0.25) is 10.0 Å². The summed E-state index contributed by atoms with van der Waals surface area (Å²) in [6.07, 6.45) is 0.818. The van der Waals surface area contributed by atoms with Crippen molar-refractivity contribution in [2.24, 2.45) is 0 Å². The van der Waals surface area contributed by atoms with Crippen LogP contribution in [0, 0.1) is 0 Å². The van der Waals surface area contributed by atoms with Crippen LogP contribution in [0.4, 0.5) is 18.0 Å². The first kappa shape index (κ1) is 21.9. The molecule has 1 aromatic rings. The molecule has 162 valence electrons. The van der Waals surface area contributed by atoms with E-state index in [4.69, 9.17) is 0 Å². The Morgan fingerprint density at radius 1 is 1.07 bits per heavy atom. The van der Waals surface area contributed by atoms with Gasteiger partial charge >= 0.3 is 12.2 Å². The number of nitrogens with one attached hydrogen (secondary N) is 1. The van der Waals surface area contributed by atoms with Crippen molar-refractivity contribution in [3.8, 4) is 0 Å². The molecule has 1 saturated carbocycles. The molecule has 29 heavy (non-hydrogen) atoms. The number of rotatable bonds is 4. The van der Waals surface area contributed by atoms with Crippen LogP contribution in [0.5, 0.6) is 0 Å². The van der Waals surface area contributed by atoms with E-state index in [-0.39, 0.29) is 43.8 Å². The average Bonchev–Trinajstić information content (AvgIpc) is 2.68. The molecule has 1 N–H and O–H groups in total. The molecular formula is C19H26F3N3O3S. The number of nitrogens with zero attached hydrogens (tertiary/aromatic N) is 2. The van der Waals surface area contributed by atoms with Gasteiger partial charge < -0.3 is 10.2 Å². The summed E-state index contributed by atoms with van der Waals surface area (Å²) in [7, 11) is -3.77. The van der Waals surface area contributed by atoms with Gasteiger partial charge in [-0.15, -0.1) is 0 Å². The van der Waals surface area contributed by atoms with Crippen molar-refractivity contribution >= 4 is 16.1 Å². The lowest BCUT2D eigenvalue weighted by Gasteiger charge is -2.35. The van der Waals surface area contributed by atoms with Crippen molar-refractivity contribution in [2.45, 2.75) is 50.1 Å². The van der Waals surface area contributed by atoms with Gasteiger partial charge in [-0.2, -0.15) is 17.5 Å². The highest BCUT2D eigenvalue weighted by atomic mass is 32.2. The zero-order chi connectivity index (χ0) is 21.1. The van der Waals surface area contributed by atoms with E-state index in [0.29, 0.717) is 0 Å². The minimum atomic E-state index is -4.52. The monoisotopic (exact) mass is 433 g/mol. The topological polar surface area (TPSA) is 69.7 Å². The second-order valence-corrected chi connectivity index (χ2v) is 9.59. The third kappa shape index (κ3) is 5.85. The molecule has 2 fully saturated rings. The number of benzene rings is 1. The molecule has 0 aromatic heterocycles. The van der Waals surface area contributed by atoms with Crippen molar-refractivity contribution in [1.29, 1.82) is 0 Å². The van der Waals surface area contributed by atoms with Crippen molar-refractivity contribution in [3.63, 3.8) is 0 Å². The third-order valence-corrected chi connectivity index (χ3v) is 7.31. The van der Waals surface area contributed by atoms with Gasteiger partial charge in [-0.3, -0.25) is 0 Å². The van der Waals surface area contributed by atoms with E-state index in [0.717, 1.165) is 37.8 Å². The maximum atomic E-state index is 12.8. The van der Waals surface area contributed by atoms with Gasteiger partial charge in [0.25, 0.3) is 0 Å². The Morgan fingerprint density at radius 3 is 2.34 bits per heavy atom. The normalized spacial score (nSPS) is 19.9. The lowest BCUT2D eigenvalue weighted by atomic mass is 9.96. The Bertz CT molecular complexity index is 815. The molecule has 3 rings (SSSR count). The highest BCUT2D eigenvalue weighted by Gasteiger charge is 2.32. The van der Waals surface area contributed by atoms with Gasteiger partial charge in [-0.25, -0.2) is 13.2 Å². The number of carbonyl (C=O) groups is 1. The van der Waals surface area contributed by atoms with Gasteiger partial charge in [0.15, 0.2) is 0 Å². The van der Waals surface area contributed by atoms with Gasteiger partial charge in [0.1, 0.15) is 0 Å². The van der Waals surface area contributed by atoms with Crippen LogP contribution < -0.4 is 5.32 Å². The van der Waals surface area contributed by atoms with Crippen LogP contribution in [-0.4, -0.2) is 55.9 Å². The Labute approximate surface area is 169 Å². The molecule has 0 unspecified atom stereocenters. The quantitative estimate of drug-likeness (QED) is 0.793. The first-order chi connectivity index (χ1) is 13.6. The standard InChI is InChI=1S/C19H26F3N3O3S/c20-19(21,22)16-6-4-5-15(13-16)14-29(27,28)25-11-9-24(10-12-25)18(26)23-17-7-2-1-3-8-17/h4-6,13,17H,1-3,7-12,14H2,(H,23,26). The number of urea groups is 1. The summed E-state index contributed by atoms with van der Waals surface area (Å²) in [5.41, 5.74) is -0.772. The fraction of sp³-hybridized carbons (Fsp3) is 0.632. The zero-order valence-corrected chi connectivity index (χ0v) is 16.9. The van der Waals surface area contributed by atoms with Crippen molar-refractivity contribution in [3.05, 3.63) is 35.4 Å². The summed E-state index contributed by atoms with van der Waals surface area (Å²) >= 11 is 0. The first-order valence-corrected chi connectivity index (χ1v) is 11.5. The number of piperazine rings is 1. The molecule has 1 aliphatic heterocycles. The van der Waals surface area contributed by atoms with Gasteiger partial charge in [0, 0.05) is 32.2 Å². The lowest BCUT2D eigenvalue weighted by molar-refractivity contribution is -0.137. The molecule has 0 atom stereocenters. The van der Waals surface area contributed by atoms with E-state index in [1.165, 1.54) is 22.9 Å². The van der Waals surface area contributed by atoms with Crippen LogP contribution >= 0.6 is 0 Å². The van der Waals surface area contributed by atoms with Crippen molar-refractivity contribution < 1.29 is 26.4 Å². The second kappa shape index (κ2) is 8.91. The number of carbonyl (C=O) groups excluding carboxylic acids is 1. The zero-order valence-electron chi connectivity index (χ0n) is 16.1. The van der Waals surface area contributed by atoms with E-state index in [9.17, 15) is 26.4 Å². The third-order valence-electron chi connectivity index (χ3n) is 5.46. The van der Waals surface area contributed by atoms with Crippen molar-refractivity contribution in [1.82, 2.24) is 14.5 Å². The van der Waals surface area contributed by atoms with Gasteiger partial charge in [-0.05, 0) is 24.5 Å². The summed E-state index contributed by atoms with van der Waals surface area (Å²) < 4.78 is 65.0. The first-order valence-electron chi connectivity index (χ1n) is 9.84. The van der Waals surface area contributed by atoms with Crippen LogP contribution in [0.3, 0.4) is 0 Å². The van der Waals surface area contributed by atoms with Crippen LogP contribution in [0.2, 0.25) is 0 Å². The molecule has 0 spiro atoms. The Kier molecular flexibility index (Phi) is 6.72. The van der Waals surface area contributed by atoms with Crippen LogP contribution in [0.25, 0.3) is 0 Å². The summed E-state index contributed by atoms with van der Waals surface area (Å²) in [5.74, 6) is -0.495. The maximum absolute atomic E-state index is 12.8. The molecular weight excluding hydrogens is 407 g/mol. The SMILES string of the molecule is O=C(NC1CCCCC1)N1CCN(S(=O)(=O)Cc2cccc(C(F)(F)F)c2)CC1. The van der Waals surface area contributed by atoms with E-state index >= 15 is 0 Å². The van der Waals surface area contributed by atoms with E-state index < -0.39 is 27.5 Å². The summed E-state index contributed by atoms with van der Waals surface area (Å²) in [6.45, 7) is 0.805. The Morgan fingerprint density at radius 2 is 1.72 bits per heavy atom. The molecule has 10 heteroatoms. The molecule has 2 aliphatic rings. The molecule has 1 aromatic carbocycles. The Balaban J connectivity index is 1.55. The molecule has 0 bridgehead atoms. The fourth-order valence-electron chi connectivity index (χ4n) is 3.82. The highest BCUT2D eigenvalue weighted by molar-refractivity contribution is 7.88. The minimum Gasteiger partial charge on any atom is -0.335 e. The molecule has 1 aliphatic carbocycles. The van der Waals surface area contributed by atoms with E-state index in [2.05, 4.69) is 5.32 Å².